The molecule has 1 heterocycles. The van der Waals surface area contributed by atoms with E-state index in [2.05, 4.69) is 5.32 Å². The molecule has 0 saturated heterocycles. The van der Waals surface area contributed by atoms with Gasteiger partial charge in [0.2, 0.25) is 11.8 Å². The molecule has 0 bridgehead atoms. The Morgan fingerprint density at radius 2 is 1.67 bits per heavy atom. The third-order valence-electron chi connectivity index (χ3n) is 5.49. The normalized spacial score (nSPS) is 10.6. The van der Waals surface area contributed by atoms with Crippen LogP contribution in [-0.2, 0) is 9.59 Å². The van der Waals surface area contributed by atoms with Crippen molar-refractivity contribution in [2.45, 2.75) is 20.8 Å². The second-order valence-electron chi connectivity index (χ2n) is 8.20. The molecule has 0 aliphatic rings. The van der Waals surface area contributed by atoms with Crippen LogP contribution < -0.4 is 19.5 Å². The lowest BCUT2D eigenvalue weighted by Crippen LogP contribution is -2.08. The number of hydrogen-bond donors (Lipinski definition) is 1. The van der Waals surface area contributed by atoms with Crippen molar-refractivity contribution in [2.75, 3.05) is 19.5 Å². The second kappa shape index (κ2) is 10.4. The summed E-state index contributed by atoms with van der Waals surface area (Å²) in [6.45, 7) is 4.78. The third kappa shape index (κ3) is 5.07. The van der Waals surface area contributed by atoms with E-state index >= 15 is 0 Å². The van der Waals surface area contributed by atoms with Crippen molar-refractivity contribution in [1.82, 2.24) is 9.78 Å². The van der Waals surface area contributed by atoms with Gasteiger partial charge in [0.25, 0.3) is 0 Å². The summed E-state index contributed by atoms with van der Waals surface area (Å²) in [4.78, 5) is 23.7. The van der Waals surface area contributed by atoms with Crippen LogP contribution in [0.15, 0.2) is 66.7 Å². The number of methoxy groups -OCH3 is 2. The van der Waals surface area contributed by atoms with Crippen LogP contribution in [0.1, 0.15) is 19.4 Å². The van der Waals surface area contributed by atoms with Crippen molar-refractivity contribution in [3.63, 3.8) is 0 Å². The van der Waals surface area contributed by atoms with E-state index in [0.29, 0.717) is 34.0 Å². The molecule has 184 valence electrons. The lowest BCUT2D eigenvalue weighted by Gasteiger charge is -2.12. The van der Waals surface area contributed by atoms with Gasteiger partial charge < -0.3 is 19.5 Å². The number of carbonyl (C=O) groups is 2. The highest BCUT2D eigenvalue weighted by Gasteiger charge is 2.26. The molecule has 8 nitrogen and oxygen atoms in total. The molecule has 0 fully saturated rings. The topological polar surface area (TPSA) is 91.7 Å². The fraction of sp³-hybridized carbons (Fsp3) is 0.179. The van der Waals surface area contributed by atoms with E-state index in [4.69, 9.17) is 19.3 Å². The second-order valence-corrected chi connectivity index (χ2v) is 8.20. The van der Waals surface area contributed by atoms with Gasteiger partial charge in [0, 0.05) is 31.2 Å². The molecule has 0 spiro atoms. The molecule has 36 heavy (non-hydrogen) atoms. The van der Waals surface area contributed by atoms with Gasteiger partial charge in [-0.3, -0.25) is 9.59 Å². The van der Waals surface area contributed by atoms with E-state index in [1.54, 1.807) is 37.1 Å². The minimum absolute atomic E-state index is 0.167. The number of aromatic nitrogens is 2. The molecule has 0 unspecified atom stereocenters. The lowest BCUT2D eigenvalue weighted by molar-refractivity contribution is -0.132. The predicted molar refractivity (Wildman–Crippen MR) is 138 cm³/mol. The van der Waals surface area contributed by atoms with Crippen LogP contribution in [0.5, 0.6) is 17.4 Å². The van der Waals surface area contributed by atoms with Crippen LogP contribution in [-0.4, -0.2) is 35.9 Å². The first kappa shape index (κ1) is 24.5. The molecule has 4 aromatic rings. The molecule has 4 rings (SSSR count). The largest absolute Gasteiger partial charge is 0.497 e. The SMILES string of the molecule is COc1ccc(-c2nn(-c3cccc(C)c3)c(OC(C)=O)c2-c2ccc(NC(C)=O)cc2)c(OC)c1. The molecule has 8 heteroatoms. The van der Waals surface area contributed by atoms with Crippen LogP contribution in [0.3, 0.4) is 0 Å². The number of amides is 1. The van der Waals surface area contributed by atoms with Crippen molar-refractivity contribution in [3.8, 4) is 45.5 Å². The number of benzene rings is 3. The maximum absolute atomic E-state index is 12.2. The van der Waals surface area contributed by atoms with Gasteiger partial charge in [-0.2, -0.15) is 9.78 Å². The van der Waals surface area contributed by atoms with E-state index in [-0.39, 0.29) is 11.8 Å². The summed E-state index contributed by atoms with van der Waals surface area (Å²) in [6, 6.07) is 20.4. The van der Waals surface area contributed by atoms with Crippen molar-refractivity contribution in [2.24, 2.45) is 0 Å². The maximum atomic E-state index is 12.2. The summed E-state index contributed by atoms with van der Waals surface area (Å²) in [6.07, 6.45) is 0. The standard InChI is InChI=1S/C28H27N3O5/c1-17-7-6-8-22(15-17)31-28(36-19(3)33)26(20-9-11-21(12-10-20)29-18(2)32)27(30-31)24-14-13-23(34-4)16-25(24)35-5/h6-16H,1-5H3,(H,29,32). The molecule has 0 saturated carbocycles. The molecule has 0 atom stereocenters. The Bertz CT molecular complexity index is 1420. The summed E-state index contributed by atoms with van der Waals surface area (Å²) in [7, 11) is 3.16. The lowest BCUT2D eigenvalue weighted by atomic mass is 10.00. The number of carbonyl (C=O) groups excluding carboxylic acids is 2. The molecule has 1 amide bonds. The number of nitrogens with one attached hydrogen (secondary N) is 1. The third-order valence-corrected chi connectivity index (χ3v) is 5.49. The monoisotopic (exact) mass is 485 g/mol. The molecular weight excluding hydrogens is 458 g/mol. The number of aryl methyl sites for hydroxylation is 1. The number of anilines is 1. The zero-order valence-corrected chi connectivity index (χ0v) is 20.8. The van der Waals surface area contributed by atoms with Gasteiger partial charge in [-0.25, -0.2) is 0 Å². The molecule has 1 aromatic heterocycles. The minimum atomic E-state index is -0.479. The molecule has 1 N–H and O–H groups in total. The summed E-state index contributed by atoms with van der Waals surface area (Å²) in [5, 5.41) is 7.67. The average Bonchev–Trinajstić information content (AvgIpc) is 3.21. The maximum Gasteiger partial charge on any atom is 0.309 e. The van der Waals surface area contributed by atoms with E-state index < -0.39 is 5.97 Å². The number of hydrogen-bond acceptors (Lipinski definition) is 6. The molecule has 3 aromatic carbocycles. The highest BCUT2D eigenvalue weighted by atomic mass is 16.5. The van der Waals surface area contributed by atoms with Gasteiger partial charge in [0.1, 0.15) is 17.2 Å². The first-order valence-corrected chi connectivity index (χ1v) is 11.3. The van der Waals surface area contributed by atoms with Crippen LogP contribution in [0, 0.1) is 6.92 Å². The Labute approximate surface area is 209 Å². The molecule has 0 aliphatic heterocycles. The fourth-order valence-corrected chi connectivity index (χ4v) is 3.93. The summed E-state index contributed by atoms with van der Waals surface area (Å²) < 4.78 is 18.4. The minimum Gasteiger partial charge on any atom is -0.497 e. The zero-order chi connectivity index (χ0) is 25.8. The first-order chi connectivity index (χ1) is 17.3. The van der Waals surface area contributed by atoms with Gasteiger partial charge in [-0.1, -0.05) is 24.3 Å². The van der Waals surface area contributed by atoms with Crippen LogP contribution in [0.4, 0.5) is 5.69 Å². The fourth-order valence-electron chi connectivity index (χ4n) is 3.93. The Morgan fingerprint density at radius 1 is 0.917 bits per heavy atom. The first-order valence-electron chi connectivity index (χ1n) is 11.3. The van der Waals surface area contributed by atoms with Crippen LogP contribution in [0.2, 0.25) is 0 Å². The van der Waals surface area contributed by atoms with Crippen molar-refractivity contribution < 1.29 is 23.8 Å². The highest BCUT2D eigenvalue weighted by molar-refractivity contribution is 5.91. The van der Waals surface area contributed by atoms with E-state index in [9.17, 15) is 9.59 Å². The van der Waals surface area contributed by atoms with Gasteiger partial charge in [-0.15, -0.1) is 0 Å². The Morgan fingerprint density at radius 3 is 2.28 bits per heavy atom. The van der Waals surface area contributed by atoms with Gasteiger partial charge in [0.15, 0.2) is 0 Å². The number of nitrogens with zero attached hydrogens (tertiary/aromatic N) is 2. The Balaban J connectivity index is 2.02. The van der Waals surface area contributed by atoms with Crippen molar-refractivity contribution in [3.05, 3.63) is 72.3 Å². The Hall–Kier alpha value is -4.59. The highest BCUT2D eigenvalue weighted by Crippen LogP contribution is 2.44. The predicted octanol–water partition coefficient (Wildman–Crippen LogP) is 5.42. The van der Waals surface area contributed by atoms with Crippen molar-refractivity contribution >= 4 is 17.6 Å². The number of esters is 1. The molecule has 0 radical (unpaired) electrons. The van der Waals surface area contributed by atoms with E-state index in [1.807, 2.05) is 55.5 Å². The van der Waals surface area contributed by atoms with E-state index in [1.165, 1.54) is 13.8 Å². The quantitative estimate of drug-likeness (QED) is 0.352. The van der Waals surface area contributed by atoms with E-state index in [0.717, 1.165) is 16.8 Å². The zero-order valence-electron chi connectivity index (χ0n) is 20.8. The van der Waals surface area contributed by atoms with Gasteiger partial charge >= 0.3 is 5.97 Å². The van der Waals surface area contributed by atoms with Crippen molar-refractivity contribution in [1.29, 1.82) is 0 Å². The van der Waals surface area contributed by atoms with Gasteiger partial charge in [-0.05, 0) is 54.4 Å². The molecular formula is C28H27N3O5. The Kier molecular flexibility index (Phi) is 7.05. The number of rotatable bonds is 7. The smallest absolute Gasteiger partial charge is 0.309 e. The average molecular weight is 486 g/mol. The van der Waals surface area contributed by atoms with Gasteiger partial charge in [0.05, 0.1) is 25.5 Å². The summed E-state index contributed by atoms with van der Waals surface area (Å²) >= 11 is 0. The molecule has 0 aliphatic carbocycles. The van der Waals surface area contributed by atoms with Crippen LogP contribution >= 0.6 is 0 Å². The number of ether oxygens (including phenoxy) is 3. The van der Waals surface area contributed by atoms with Crippen LogP contribution in [0.25, 0.3) is 28.1 Å². The summed E-state index contributed by atoms with van der Waals surface area (Å²) in [5.74, 6) is 0.810. The summed E-state index contributed by atoms with van der Waals surface area (Å²) in [5.41, 5.74) is 5.01.